The van der Waals surface area contributed by atoms with Crippen LogP contribution in [-0.4, -0.2) is 5.91 Å². The maximum absolute atomic E-state index is 11.2. The maximum atomic E-state index is 11.2. The smallest absolute Gasteiger partial charge is 0.249 e. The molecule has 0 saturated carbocycles. The second kappa shape index (κ2) is 3.73. The lowest BCUT2D eigenvalue weighted by molar-refractivity contribution is 0.0998. The van der Waals surface area contributed by atoms with Crippen LogP contribution in [0.15, 0.2) is 22.7 Å². The highest BCUT2D eigenvalue weighted by atomic mass is 79.9. The molecular weight excluding hydrogens is 242 g/mol. The molecule has 0 bridgehead atoms. The quantitative estimate of drug-likeness (QED) is 0.824. The molecule has 2 nitrogen and oxygen atoms in total. The normalized spacial score (nSPS) is 11.4. The van der Waals surface area contributed by atoms with Crippen LogP contribution in [0.5, 0.6) is 0 Å². The Morgan fingerprint density at radius 1 is 1.36 bits per heavy atom. The van der Waals surface area contributed by atoms with E-state index in [0.29, 0.717) is 5.56 Å². The number of rotatable bonds is 1. The summed E-state index contributed by atoms with van der Waals surface area (Å²) in [6.07, 6.45) is 0. The number of hydrogen-bond donors (Lipinski definition) is 1. The largest absolute Gasteiger partial charge is 0.366 e. The molecule has 1 aromatic rings. The second-order valence-corrected chi connectivity index (χ2v) is 5.22. The zero-order valence-electron chi connectivity index (χ0n) is 8.60. The molecular formula is C11H14BrNO. The van der Waals surface area contributed by atoms with Gasteiger partial charge in [-0.25, -0.2) is 0 Å². The molecule has 0 aromatic heterocycles. The molecule has 0 spiro atoms. The first-order valence-electron chi connectivity index (χ1n) is 4.42. The van der Waals surface area contributed by atoms with E-state index in [1.165, 1.54) is 0 Å². The van der Waals surface area contributed by atoms with Crippen LogP contribution in [0.1, 0.15) is 36.7 Å². The van der Waals surface area contributed by atoms with Crippen molar-refractivity contribution in [2.24, 2.45) is 5.73 Å². The predicted octanol–water partition coefficient (Wildman–Crippen LogP) is 2.85. The third-order valence-electron chi connectivity index (χ3n) is 2.06. The third-order valence-corrected chi connectivity index (χ3v) is 2.55. The van der Waals surface area contributed by atoms with Crippen molar-refractivity contribution in [2.45, 2.75) is 26.2 Å². The molecule has 3 heteroatoms. The minimum atomic E-state index is -0.378. The summed E-state index contributed by atoms with van der Waals surface area (Å²) in [5.74, 6) is -0.378. The summed E-state index contributed by atoms with van der Waals surface area (Å²) in [7, 11) is 0. The molecule has 0 unspecified atom stereocenters. The third kappa shape index (κ3) is 2.35. The number of halogens is 1. The van der Waals surface area contributed by atoms with E-state index >= 15 is 0 Å². The van der Waals surface area contributed by atoms with E-state index in [4.69, 9.17) is 5.73 Å². The highest BCUT2D eigenvalue weighted by Crippen LogP contribution is 2.27. The Balaban J connectivity index is 3.37. The lowest BCUT2D eigenvalue weighted by Crippen LogP contribution is -2.21. The molecule has 14 heavy (non-hydrogen) atoms. The fourth-order valence-electron chi connectivity index (χ4n) is 1.37. The Morgan fingerprint density at radius 3 is 2.36 bits per heavy atom. The van der Waals surface area contributed by atoms with Crippen LogP contribution in [0.3, 0.4) is 0 Å². The van der Waals surface area contributed by atoms with E-state index in [2.05, 4.69) is 36.7 Å². The maximum Gasteiger partial charge on any atom is 0.249 e. The van der Waals surface area contributed by atoms with Crippen LogP contribution in [0.25, 0.3) is 0 Å². The fourth-order valence-corrected chi connectivity index (χ4v) is 1.74. The standard InChI is InChI=1S/C11H14BrNO/c1-11(2,3)9-5-4-7(12)6-8(9)10(13)14/h4-6H,1-3H3,(H2,13,14). The Kier molecular flexibility index (Phi) is 3.00. The number of benzene rings is 1. The average molecular weight is 256 g/mol. The first-order chi connectivity index (χ1) is 6.32. The number of amides is 1. The van der Waals surface area contributed by atoms with Gasteiger partial charge in [-0.3, -0.25) is 4.79 Å². The highest BCUT2D eigenvalue weighted by molar-refractivity contribution is 9.10. The van der Waals surface area contributed by atoms with Crippen molar-refractivity contribution >= 4 is 21.8 Å². The topological polar surface area (TPSA) is 43.1 Å². The molecule has 1 amide bonds. The summed E-state index contributed by atoms with van der Waals surface area (Å²) >= 11 is 3.32. The molecule has 0 aliphatic carbocycles. The van der Waals surface area contributed by atoms with Gasteiger partial charge in [0.2, 0.25) is 5.91 Å². The average Bonchev–Trinajstić information content (AvgIpc) is 2.01. The van der Waals surface area contributed by atoms with E-state index in [0.717, 1.165) is 10.0 Å². The van der Waals surface area contributed by atoms with Crippen molar-refractivity contribution in [1.29, 1.82) is 0 Å². The van der Waals surface area contributed by atoms with Gasteiger partial charge in [0.15, 0.2) is 0 Å². The molecule has 0 aliphatic rings. The van der Waals surface area contributed by atoms with Crippen molar-refractivity contribution in [3.63, 3.8) is 0 Å². The van der Waals surface area contributed by atoms with E-state index in [1.54, 1.807) is 6.07 Å². The zero-order chi connectivity index (χ0) is 10.9. The van der Waals surface area contributed by atoms with Gasteiger partial charge in [-0.15, -0.1) is 0 Å². The highest BCUT2D eigenvalue weighted by Gasteiger charge is 2.20. The molecule has 2 N–H and O–H groups in total. The summed E-state index contributed by atoms with van der Waals surface area (Å²) in [6, 6.07) is 5.63. The zero-order valence-corrected chi connectivity index (χ0v) is 10.2. The molecule has 76 valence electrons. The van der Waals surface area contributed by atoms with Crippen LogP contribution in [0.2, 0.25) is 0 Å². The van der Waals surface area contributed by atoms with Crippen LogP contribution in [-0.2, 0) is 5.41 Å². The molecule has 1 aromatic carbocycles. The molecule has 0 aliphatic heterocycles. The lowest BCUT2D eigenvalue weighted by Gasteiger charge is -2.21. The van der Waals surface area contributed by atoms with Gasteiger partial charge in [0.05, 0.1) is 0 Å². The summed E-state index contributed by atoms with van der Waals surface area (Å²) in [5.41, 5.74) is 6.83. The number of carbonyl (C=O) groups is 1. The minimum absolute atomic E-state index is 0.0644. The summed E-state index contributed by atoms with van der Waals surface area (Å²) in [6.45, 7) is 6.17. The Labute approximate surface area is 92.6 Å². The Bertz CT molecular complexity index is 366. The SMILES string of the molecule is CC(C)(C)c1ccc(Br)cc1C(N)=O. The van der Waals surface area contributed by atoms with E-state index in [-0.39, 0.29) is 11.3 Å². The van der Waals surface area contributed by atoms with Gasteiger partial charge in [0.1, 0.15) is 0 Å². The van der Waals surface area contributed by atoms with Gasteiger partial charge in [0.25, 0.3) is 0 Å². The second-order valence-electron chi connectivity index (χ2n) is 4.30. The van der Waals surface area contributed by atoms with Gasteiger partial charge in [0, 0.05) is 10.0 Å². The molecule has 1 rings (SSSR count). The van der Waals surface area contributed by atoms with E-state index in [9.17, 15) is 4.79 Å². The monoisotopic (exact) mass is 255 g/mol. The van der Waals surface area contributed by atoms with Crippen LogP contribution < -0.4 is 5.73 Å². The first kappa shape index (κ1) is 11.2. The minimum Gasteiger partial charge on any atom is -0.366 e. The summed E-state index contributed by atoms with van der Waals surface area (Å²) in [4.78, 5) is 11.2. The molecule has 0 heterocycles. The molecule has 0 radical (unpaired) electrons. The van der Waals surface area contributed by atoms with Crippen molar-refractivity contribution < 1.29 is 4.79 Å². The molecule has 0 atom stereocenters. The van der Waals surface area contributed by atoms with Gasteiger partial charge in [-0.2, -0.15) is 0 Å². The van der Waals surface area contributed by atoms with Gasteiger partial charge < -0.3 is 5.73 Å². The first-order valence-corrected chi connectivity index (χ1v) is 5.21. The van der Waals surface area contributed by atoms with Gasteiger partial charge in [-0.05, 0) is 23.1 Å². The number of carbonyl (C=O) groups excluding carboxylic acids is 1. The summed E-state index contributed by atoms with van der Waals surface area (Å²) < 4.78 is 0.874. The number of primary amides is 1. The van der Waals surface area contributed by atoms with Gasteiger partial charge >= 0.3 is 0 Å². The van der Waals surface area contributed by atoms with Gasteiger partial charge in [-0.1, -0.05) is 42.8 Å². The number of hydrogen-bond acceptors (Lipinski definition) is 1. The lowest BCUT2D eigenvalue weighted by atomic mass is 9.83. The Morgan fingerprint density at radius 2 is 1.93 bits per heavy atom. The number of nitrogens with two attached hydrogens (primary N) is 1. The Hall–Kier alpha value is -0.830. The molecule has 0 fully saturated rings. The van der Waals surface area contributed by atoms with Crippen molar-refractivity contribution in [3.05, 3.63) is 33.8 Å². The van der Waals surface area contributed by atoms with Crippen LogP contribution >= 0.6 is 15.9 Å². The van der Waals surface area contributed by atoms with Crippen LogP contribution in [0, 0.1) is 0 Å². The van der Waals surface area contributed by atoms with Crippen molar-refractivity contribution in [3.8, 4) is 0 Å². The van der Waals surface area contributed by atoms with Crippen molar-refractivity contribution in [1.82, 2.24) is 0 Å². The van der Waals surface area contributed by atoms with E-state index < -0.39 is 0 Å². The van der Waals surface area contributed by atoms with E-state index in [1.807, 2.05) is 12.1 Å². The predicted molar refractivity (Wildman–Crippen MR) is 61.4 cm³/mol. The fraction of sp³-hybridized carbons (Fsp3) is 0.364. The molecule has 0 saturated heterocycles. The van der Waals surface area contributed by atoms with Crippen LogP contribution in [0.4, 0.5) is 0 Å². The summed E-state index contributed by atoms with van der Waals surface area (Å²) in [5, 5.41) is 0. The van der Waals surface area contributed by atoms with Crippen molar-refractivity contribution in [2.75, 3.05) is 0 Å².